The maximum Gasteiger partial charge on any atom is 0.258 e. The molecule has 5 rings (SSSR count). The van der Waals surface area contributed by atoms with Crippen LogP contribution in [0.2, 0.25) is 0 Å². The summed E-state index contributed by atoms with van der Waals surface area (Å²) in [7, 11) is 0. The number of para-hydroxylation sites is 1. The number of fused-ring (bicyclic) bond motifs is 2. The van der Waals surface area contributed by atoms with E-state index in [0.29, 0.717) is 35.7 Å². The lowest BCUT2D eigenvalue weighted by Gasteiger charge is -2.12. The zero-order valence-corrected chi connectivity index (χ0v) is 17.6. The van der Waals surface area contributed by atoms with Gasteiger partial charge in [0.1, 0.15) is 5.82 Å². The van der Waals surface area contributed by atoms with Crippen molar-refractivity contribution in [2.24, 2.45) is 4.99 Å². The number of aromatic nitrogens is 1. The molecule has 0 spiro atoms. The molecule has 8 heteroatoms. The van der Waals surface area contributed by atoms with E-state index >= 15 is 0 Å². The van der Waals surface area contributed by atoms with Gasteiger partial charge in [0.25, 0.3) is 5.91 Å². The average molecular weight is 444 g/mol. The largest absolute Gasteiger partial charge is 0.454 e. The number of anilines is 1. The van der Waals surface area contributed by atoms with Gasteiger partial charge in [-0.25, -0.2) is 4.39 Å². The van der Waals surface area contributed by atoms with Gasteiger partial charge in [0, 0.05) is 34.9 Å². The normalized spacial score (nSPS) is 12.7. The second-order valence-corrected chi connectivity index (χ2v) is 7.50. The van der Waals surface area contributed by atoms with Crippen LogP contribution in [-0.4, -0.2) is 30.2 Å². The molecule has 4 aromatic rings. The number of carbonyl (C=O) groups is 1. The predicted octanol–water partition coefficient (Wildman–Crippen LogP) is 4.48. The molecule has 1 aliphatic rings. The molecule has 0 unspecified atom stereocenters. The lowest BCUT2D eigenvalue weighted by molar-refractivity contribution is 0.0976. The summed E-state index contributed by atoms with van der Waals surface area (Å²) in [6.45, 7) is 0.545. The first-order valence-electron chi connectivity index (χ1n) is 10.5. The van der Waals surface area contributed by atoms with Crippen molar-refractivity contribution < 1.29 is 18.7 Å². The summed E-state index contributed by atoms with van der Waals surface area (Å²) in [4.78, 5) is 20.7. The van der Waals surface area contributed by atoms with E-state index in [0.717, 1.165) is 16.5 Å². The SMILES string of the molecule is O=C(NC(=NCCc1c[nH]c2ccccc12)Nc1cccc(F)c1)c1ccc2c(c1)OCO2. The van der Waals surface area contributed by atoms with Crippen molar-refractivity contribution in [1.82, 2.24) is 10.3 Å². The molecule has 1 aromatic heterocycles. The molecule has 33 heavy (non-hydrogen) atoms. The quantitative estimate of drug-likeness (QED) is 0.313. The third-order valence-corrected chi connectivity index (χ3v) is 5.28. The van der Waals surface area contributed by atoms with Crippen LogP contribution in [0.5, 0.6) is 11.5 Å². The molecule has 3 N–H and O–H groups in total. The van der Waals surface area contributed by atoms with Gasteiger partial charge in [0.05, 0.1) is 0 Å². The first-order chi connectivity index (χ1) is 16.2. The van der Waals surface area contributed by atoms with E-state index in [1.807, 2.05) is 24.4 Å². The molecule has 0 saturated heterocycles. The van der Waals surface area contributed by atoms with E-state index in [1.165, 1.54) is 12.1 Å². The summed E-state index contributed by atoms with van der Waals surface area (Å²) < 4.78 is 24.3. The van der Waals surface area contributed by atoms with E-state index in [4.69, 9.17) is 9.47 Å². The minimum atomic E-state index is -0.389. The summed E-state index contributed by atoms with van der Waals surface area (Å²) in [5.41, 5.74) is 3.06. The Kier molecular flexibility index (Phi) is 5.63. The number of hydrogen-bond acceptors (Lipinski definition) is 4. The van der Waals surface area contributed by atoms with Crippen molar-refractivity contribution in [3.63, 3.8) is 0 Å². The predicted molar refractivity (Wildman–Crippen MR) is 124 cm³/mol. The van der Waals surface area contributed by atoms with Gasteiger partial charge in [-0.2, -0.15) is 0 Å². The van der Waals surface area contributed by atoms with Gasteiger partial charge in [-0.1, -0.05) is 24.3 Å². The second kappa shape index (κ2) is 9.04. The number of benzene rings is 3. The van der Waals surface area contributed by atoms with Crippen LogP contribution in [0.4, 0.5) is 10.1 Å². The standard InChI is InChI=1S/C25H21FN4O3/c26-18-4-3-5-19(13-18)29-25(27-11-10-17-14-28-21-7-2-1-6-20(17)21)30-24(31)16-8-9-22-23(12-16)33-15-32-22/h1-9,12-14,28H,10-11,15H2,(H2,27,29,30,31). The zero-order valence-electron chi connectivity index (χ0n) is 17.6. The number of carbonyl (C=O) groups excluding carboxylic acids is 1. The van der Waals surface area contributed by atoms with Crippen molar-refractivity contribution in [2.45, 2.75) is 6.42 Å². The highest BCUT2D eigenvalue weighted by atomic mass is 19.1. The van der Waals surface area contributed by atoms with Crippen LogP contribution in [0, 0.1) is 5.82 Å². The van der Waals surface area contributed by atoms with E-state index in [-0.39, 0.29) is 24.5 Å². The number of ether oxygens (including phenoxy) is 2. The number of H-pyrrole nitrogens is 1. The van der Waals surface area contributed by atoms with E-state index in [9.17, 15) is 9.18 Å². The van der Waals surface area contributed by atoms with Crippen molar-refractivity contribution in [2.75, 3.05) is 18.7 Å². The Morgan fingerprint density at radius 2 is 1.91 bits per heavy atom. The molecule has 0 aliphatic carbocycles. The van der Waals surface area contributed by atoms with Crippen LogP contribution in [0.3, 0.4) is 0 Å². The number of halogens is 1. The van der Waals surface area contributed by atoms with Gasteiger partial charge in [0.2, 0.25) is 12.8 Å². The molecule has 166 valence electrons. The topological polar surface area (TPSA) is 87.7 Å². The first-order valence-corrected chi connectivity index (χ1v) is 10.5. The van der Waals surface area contributed by atoms with Crippen LogP contribution in [0.15, 0.2) is 77.9 Å². The van der Waals surface area contributed by atoms with Crippen molar-refractivity contribution in [3.8, 4) is 11.5 Å². The highest BCUT2D eigenvalue weighted by Crippen LogP contribution is 2.32. The minimum Gasteiger partial charge on any atom is -0.454 e. The van der Waals surface area contributed by atoms with Crippen LogP contribution < -0.4 is 20.1 Å². The number of nitrogens with one attached hydrogen (secondary N) is 3. The van der Waals surface area contributed by atoms with Gasteiger partial charge in [0.15, 0.2) is 11.5 Å². The van der Waals surface area contributed by atoms with E-state index < -0.39 is 0 Å². The molecule has 1 aliphatic heterocycles. The second-order valence-electron chi connectivity index (χ2n) is 7.50. The molecular weight excluding hydrogens is 423 g/mol. The van der Waals surface area contributed by atoms with Crippen LogP contribution in [0.25, 0.3) is 10.9 Å². The molecule has 0 bridgehead atoms. The Morgan fingerprint density at radius 1 is 1.03 bits per heavy atom. The summed E-state index contributed by atoms with van der Waals surface area (Å²) >= 11 is 0. The molecule has 0 atom stereocenters. The molecule has 0 fully saturated rings. The van der Waals surface area contributed by atoms with Crippen LogP contribution in [0.1, 0.15) is 15.9 Å². The summed E-state index contributed by atoms with van der Waals surface area (Å²) in [5.74, 6) is 0.571. The van der Waals surface area contributed by atoms with Gasteiger partial charge < -0.3 is 19.8 Å². The highest BCUT2D eigenvalue weighted by molar-refractivity contribution is 6.10. The van der Waals surface area contributed by atoms with Crippen molar-refractivity contribution in [3.05, 3.63) is 89.9 Å². The van der Waals surface area contributed by atoms with Gasteiger partial charge in [-0.15, -0.1) is 0 Å². The number of aliphatic imine (C=N–C) groups is 1. The lowest BCUT2D eigenvalue weighted by atomic mass is 10.1. The first kappa shape index (κ1) is 20.6. The van der Waals surface area contributed by atoms with Gasteiger partial charge in [-0.3, -0.25) is 15.1 Å². The number of guanidine groups is 1. The minimum absolute atomic E-state index is 0.127. The molecular formula is C25H21FN4O3. The third kappa shape index (κ3) is 4.64. The number of rotatable bonds is 5. The fraction of sp³-hybridized carbons (Fsp3) is 0.120. The number of nitrogens with zero attached hydrogens (tertiary/aromatic N) is 1. The third-order valence-electron chi connectivity index (χ3n) is 5.28. The Hall–Kier alpha value is -4.33. The Labute approximate surface area is 189 Å². The molecule has 7 nitrogen and oxygen atoms in total. The Morgan fingerprint density at radius 3 is 2.82 bits per heavy atom. The monoisotopic (exact) mass is 444 g/mol. The maximum absolute atomic E-state index is 13.7. The fourth-order valence-corrected chi connectivity index (χ4v) is 3.66. The summed E-state index contributed by atoms with van der Waals surface area (Å²) in [6, 6.07) is 19.0. The van der Waals surface area contributed by atoms with Crippen LogP contribution >= 0.6 is 0 Å². The Balaban J connectivity index is 1.34. The Bertz CT molecular complexity index is 1350. The lowest BCUT2D eigenvalue weighted by Crippen LogP contribution is -2.36. The van der Waals surface area contributed by atoms with Gasteiger partial charge >= 0.3 is 0 Å². The zero-order chi connectivity index (χ0) is 22.6. The van der Waals surface area contributed by atoms with Gasteiger partial charge in [-0.05, 0) is 54.4 Å². The van der Waals surface area contributed by atoms with E-state index in [2.05, 4.69) is 26.7 Å². The fourth-order valence-electron chi connectivity index (χ4n) is 3.66. The van der Waals surface area contributed by atoms with Crippen molar-refractivity contribution in [1.29, 1.82) is 0 Å². The molecule has 0 saturated carbocycles. The molecule has 1 amide bonds. The van der Waals surface area contributed by atoms with Crippen molar-refractivity contribution >= 4 is 28.5 Å². The number of aromatic amines is 1. The van der Waals surface area contributed by atoms with Crippen LogP contribution in [-0.2, 0) is 6.42 Å². The highest BCUT2D eigenvalue weighted by Gasteiger charge is 2.17. The molecule has 3 aromatic carbocycles. The number of hydrogen-bond donors (Lipinski definition) is 3. The average Bonchev–Trinajstić information content (AvgIpc) is 3.45. The van der Waals surface area contributed by atoms with E-state index in [1.54, 1.807) is 30.3 Å². The summed E-state index contributed by atoms with van der Waals surface area (Å²) in [6.07, 6.45) is 2.63. The maximum atomic E-state index is 13.7. The summed E-state index contributed by atoms with van der Waals surface area (Å²) in [5, 5.41) is 6.92. The molecule has 2 heterocycles. The number of amides is 1. The molecule has 0 radical (unpaired) electrons. The smallest absolute Gasteiger partial charge is 0.258 e.